The molecule has 0 aliphatic carbocycles. The highest BCUT2D eigenvalue weighted by molar-refractivity contribution is 5.94. The summed E-state index contributed by atoms with van der Waals surface area (Å²) in [4.78, 5) is 26.7. The van der Waals surface area contributed by atoms with Crippen LogP contribution in [0.1, 0.15) is 10.4 Å². The number of carbonyl (C=O) groups excluding carboxylic acids is 1. The van der Waals surface area contributed by atoms with E-state index in [9.17, 15) is 9.59 Å². The van der Waals surface area contributed by atoms with Gasteiger partial charge in [0.05, 0.1) is 18.5 Å². The van der Waals surface area contributed by atoms with Gasteiger partial charge in [-0.2, -0.15) is 0 Å². The summed E-state index contributed by atoms with van der Waals surface area (Å²) in [6, 6.07) is 15.9. The van der Waals surface area contributed by atoms with Gasteiger partial charge < -0.3 is 19.5 Å². The SMILES string of the molecule is O=C(NCCOc1ccccc1)c1ccc(-c2ccco2)[nH]c1=O. The molecule has 2 aromatic heterocycles. The minimum atomic E-state index is -0.467. The van der Waals surface area contributed by atoms with Gasteiger partial charge in [0.25, 0.3) is 11.5 Å². The fourth-order valence-corrected chi connectivity index (χ4v) is 2.17. The lowest BCUT2D eigenvalue weighted by Gasteiger charge is -2.07. The normalized spacial score (nSPS) is 10.3. The maximum absolute atomic E-state index is 12.1. The molecule has 0 bridgehead atoms. The van der Waals surface area contributed by atoms with E-state index in [1.807, 2.05) is 30.3 Å². The highest BCUT2D eigenvalue weighted by atomic mass is 16.5. The van der Waals surface area contributed by atoms with Gasteiger partial charge in [-0.1, -0.05) is 18.2 Å². The van der Waals surface area contributed by atoms with Gasteiger partial charge in [0.2, 0.25) is 0 Å². The third-order valence-corrected chi connectivity index (χ3v) is 3.34. The van der Waals surface area contributed by atoms with E-state index < -0.39 is 11.5 Å². The first-order valence-electron chi connectivity index (χ1n) is 7.47. The average Bonchev–Trinajstić information content (AvgIpc) is 3.14. The van der Waals surface area contributed by atoms with Crippen LogP contribution < -0.4 is 15.6 Å². The summed E-state index contributed by atoms with van der Waals surface area (Å²) in [5, 5.41) is 2.66. The van der Waals surface area contributed by atoms with E-state index in [2.05, 4.69) is 10.3 Å². The molecular formula is C18H16N2O4. The molecule has 0 saturated heterocycles. The number of benzene rings is 1. The number of H-pyrrole nitrogens is 1. The number of aromatic amines is 1. The maximum atomic E-state index is 12.1. The number of ether oxygens (including phenoxy) is 1. The topological polar surface area (TPSA) is 84.3 Å². The Kier molecular flexibility index (Phi) is 4.76. The number of furan rings is 1. The molecule has 1 amide bonds. The Bertz CT molecular complexity index is 854. The van der Waals surface area contributed by atoms with E-state index in [1.54, 1.807) is 18.2 Å². The van der Waals surface area contributed by atoms with Crippen molar-refractivity contribution in [1.82, 2.24) is 10.3 Å². The number of hydrogen-bond acceptors (Lipinski definition) is 4. The van der Waals surface area contributed by atoms with Crippen LogP contribution in [-0.2, 0) is 0 Å². The van der Waals surface area contributed by atoms with E-state index in [0.29, 0.717) is 24.6 Å². The van der Waals surface area contributed by atoms with Crippen molar-refractivity contribution in [1.29, 1.82) is 0 Å². The lowest BCUT2D eigenvalue weighted by Crippen LogP contribution is -2.32. The predicted molar refractivity (Wildman–Crippen MR) is 89.0 cm³/mol. The molecule has 0 aliphatic rings. The molecule has 6 nitrogen and oxygen atoms in total. The molecule has 0 saturated carbocycles. The van der Waals surface area contributed by atoms with E-state index in [1.165, 1.54) is 12.3 Å². The molecule has 0 atom stereocenters. The van der Waals surface area contributed by atoms with Crippen LogP contribution in [0, 0.1) is 0 Å². The zero-order valence-corrected chi connectivity index (χ0v) is 12.8. The van der Waals surface area contributed by atoms with Gasteiger partial charge in [0.15, 0.2) is 0 Å². The Hall–Kier alpha value is -3.28. The number of hydrogen-bond donors (Lipinski definition) is 2. The third-order valence-electron chi connectivity index (χ3n) is 3.34. The van der Waals surface area contributed by atoms with Crippen LogP contribution in [0.15, 0.2) is 70.1 Å². The molecule has 0 fully saturated rings. The van der Waals surface area contributed by atoms with Crippen LogP contribution in [0.25, 0.3) is 11.5 Å². The molecule has 2 N–H and O–H groups in total. The minimum absolute atomic E-state index is 0.0463. The molecule has 2 heterocycles. The van der Waals surface area contributed by atoms with Crippen molar-refractivity contribution in [3.05, 3.63) is 76.8 Å². The van der Waals surface area contributed by atoms with Crippen LogP contribution in [0.5, 0.6) is 5.75 Å². The molecule has 0 spiro atoms. The van der Waals surface area contributed by atoms with Crippen LogP contribution >= 0.6 is 0 Å². The molecule has 0 aliphatic heterocycles. The van der Waals surface area contributed by atoms with Crippen molar-refractivity contribution < 1.29 is 13.9 Å². The molecular weight excluding hydrogens is 308 g/mol. The van der Waals surface area contributed by atoms with Gasteiger partial charge in [0, 0.05) is 0 Å². The maximum Gasteiger partial charge on any atom is 0.261 e. The second-order valence-electron chi connectivity index (χ2n) is 5.01. The van der Waals surface area contributed by atoms with Crippen molar-refractivity contribution in [3.63, 3.8) is 0 Å². The van der Waals surface area contributed by atoms with Crippen LogP contribution in [0.2, 0.25) is 0 Å². The molecule has 24 heavy (non-hydrogen) atoms. The number of amides is 1. The fourth-order valence-electron chi connectivity index (χ4n) is 2.17. The average molecular weight is 324 g/mol. The molecule has 3 rings (SSSR count). The lowest BCUT2D eigenvalue weighted by molar-refractivity contribution is 0.0945. The second-order valence-corrected chi connectivity index (χ2v) is 5.01. The quantitative estimate of drug-likeness (QED) is 0.682. The molecule has 1 aromatic carbocycles. The van der Waals surface area contributed by atoms with E-state index in [4.69, 9.17) is 9.15 Å². The first-order valence-corrected chi connectivity index (χ1v) is 7.47. The lowest BCUT2D eigenvalue weighted by atomic mass is 10.2. The molecule has 0 unspecified atom stereocenters. The number of para-hydroxylation sites is 1. The third kappa shape index (κ3) is 3.73. The summed E-state index contributed by atoms with van der Waals surface area (Å²) >= 11 is 0. The first kappa shape index (κ1) is 15.6. The number of pyridine rings is 1. The first-order chi connectivity index (χ1) is 11.7. The summed E-state index contributed by atoms with van der Waals surface area (Å²) in [6.45, 7) is 0.616. The van der Waals surface area contributed by atoms with Gasteiger partial charge in [-0.05, 0) is 36.4 Å². The highest BCUT2D eigenvalue weighted by Gasteiger charge is 2.11. The summed E-state index contributed by atoms with van der Waals surface area (Å²) in [5.41, 5.74) is 0.101. The summed E-state index contributed by atoms with van der Waals surface area (Å²) in [5.74, 6) is 0.821. The zero-order valence-electron chi connectivity index (χ0n) is 12.8. The van der Waals surface area contributed by atoms with Crippen molar-refractivity contribution in [2.45, 2.75) is 0 Å². The number of nitrogens with one attached hydrogen (secondary N) is 2. The van der Waals surface area contributed by atoms with Crippen molar-refractivity contribution in [3.8, 4) is 17.2 Å². The van der Waals surface area contributed by atoms with Gasteiger partial charge in [-0.25, -0.2) is 0 Å². The largest absolute Gasteiger partial charge is 0.492 e. The Morgan fingerprint density at radius 2 is 1.92 bits per heavy atom. The highest BCUT2D eigenvalue weighted by Crippen LogP contribution is 2.15. The monoisotopic (exact) mass is 324 g/mol. The van der Waals surface area contributed by atoms with Crippen LogP contribution in [-0.4, -0.2) is 24.0 Å². The van der Waals surface area contributed by atoms with Crippen LogP contribution in [0.3, 0.4) is 0 Å². The molecule has 122 valence electrons. The number of carbonyl (C=O) groups is 1. The Labute approximate surface area is 138 Å². The Morgan fingerprint density at radius 3 is 2.62 bits per heavy atom. The van der Waals surface area contributed by atoms with Gasteiger partial charge in [-0.15, -0.1) is 0 Å². The Morgan fingerprint density at radius 1 is 1.08 bits per heavy atom. The zero-order chi connectivity index (χ0) is 16.8. The smallest absolute Gasteiger partial charge is 0.261 e. The standard InChI is InChI=1S/C18H16N2O4/c21-17(19-10-12-23-13-5-2-1-3-6-13)14-8-9-15(20-18(14)22)16-7-4-11-24-16/h1-9,11H,10,12H2,(H,19,21)(H,20,22). The van der Waals surface area contributed by atoms with E-state index in [0.717, 1.165) is 5.75 Å². The number of aromatic nitrogens is 1. The molecule has 0 radical (unpaired) electrons. The summed E-state index contributed by atoms with van der Waals surface area (Å²) in [7, 11) is 0. The van der Waals surface area contributed by atoms with Crippen molar-refractivity contribution >= 4 is 5.91 Å². The minimum Gasteiger partial charge on any atom is -0.492 e. The van der Waals surface area contributed by atoms with Gasteiger partial charge in [-0.3, -0.25) is 9.59 Å². The van der Waals surface area contributed by atoms with Crippen molar-refractivity contribution in [2.75, 3.05) is 13.2 Å². The summed E-state index contributed by atoms with van der Waals surface area (Å²) < 4.78 is 10.7. The Balaban J connectivity index is 1.56. The van der Waals surface area contributed by atoms with Crippen LogP contribution in [0.4, 0.5) is 0 Å². The van der Waals surface area contributed by atoms with Crippen molar-refractivity contribution in [2.24, 2.45) is 0 Å². The fraction of sp³-hybridized carbons (Fsp3) is 0.111. The van der Waals surface area contributed by atoms with E-state index >= 15 is 0 Å². The number of rotatable bonds is 6. The second kappa shape index (κ2) is 7.32. The van der Waals surface area contributed by atoms with E-state index in [-0.39, 0.29) is 5.56 Å². The predicted octanol–water partition coefficient (Wildman–Crippen LogP) is 2.44. The molecule has 6 heteroatoms. The van der Waals surface area contributed by atoms with Gasteiger partial charge in [0.1, 0.15) is 23.7 Å². The van der Waals surface area contributed by atoms with Gasteiger partial charge >= 0.3 is 0 Å². The molecule has 3 aromatic rings. The summed E-state index contributed by atoms with van der Waals surface area (Å²) in [6.07, 6.45) is 1.51.